The first-order valence-electron chi connectivity index (χ1n) is 7.82. The molecule has 6 heteroatoms. The van der Waals surface area contributed by atoms with Gasteiger partial charge in [-0.25, -0.2) is 4.79 Å². The summed E-state index contributed by atoms with van der Waals surface area (Å²) < 4.78 is 1.92. The molecule has 1 saturated carbocycles. The molecular weight excluding hydrogens is 284 g/mol. The highest BCUT2D eigenvalue weighted by Crippen LogP contribution is 2.29. The van der Waals surface area contributed by atoms with Crippen LogP contribution in [0.4, 0.5) is 4.79 Å². The SMILES string of the molecule is CCSC1CCC(NC(=O)NCCCn2cc(C)cn2)C1. The minimum absolute atomic E-state index is 0.0289. The quantitative estimate of drug-likeness (QED) is 0.761. The van der Waals surface area contributed by atoms with Gasteiger partial charge in [0.2, 0.25) is 0 Å². The minimum Gasteiger partial charge on any atom is -0.338 e. The first kappa shape index (κ1) is 16.2. The molecule has 2 rings (SSSR count). The highest BCUT2D eigenvalue weighted by atomic mass is 32.2. The normalized spacial score (nSPS) is 21.4. The average molecular weight is 310 g/mol. The fourth-order valence-electron chi connectivity index (χ4n) is 2.73. The number of aryl methyl sites for hydroxylation is 2. The second kappa shape index (κ2) is 8.32. The molecule has 2 amide bonds. The van der Waals surface area contributed by atoms with Crippen molar-refractivity contribution in [3.05, 3.63) is 18.0 Å². The third kappa shape index (κ3) is 5.61. The van der Waals surface area contributed by atoms with E-state index >= 15 is 0 Å². The zero-order valence-corrected chi connectivity index (χ0v) is 13.8. The molecular formula is C15H26N4OS. The molecule has 21 heavy (non-hydrogen) atoms. The Balaban J connectivity index is 1.55. The molecule has 118 valence electrons. The van der Waals surface area contributed by atoms with Crippen LogP contribution in [0.15, 0.2) is 12.4 Å². The smallest absolute Gasteiger partial charge is 0.315 e. The first-order chi connectivity index (χ1) is 10.2. The van der Waals surface area contributed by atoms with Crippen molar-refractivity contribution in [3.63, 3.8) is 0 Å². The zero-order valence-electron chi connectivity index (χ0n) is 13.0. The molecule has 0 radical (unpaired) electrons. The number of nitrogens with zero attached hydrogens (tertiary/aromatic N) is 2. The third-order valence-electron chi connectivity index (χ3n) is 3.73. The summed E-state index contributed by atoms with van der Waals surface area (Å²) in [7, 11) is 0. The van der Waals surface area contributed by atoms with Gasteiger partial charge in [0, 0.05) is 30.6 Å². The van der Waals surface area contributed by atoms with E-state index in [9.17, 15) is 4.79 Å². The Morgan fingerprint density at radius 3 is 3.10 bits per heavy atom. The van der Waals surface area contributed by atoms with E-state index in [-0.39, 0.29) is 6.03 Å². The maximum absolute atomic E-state index is 11.8. The van der Waals surface area contributed by atoms with Gasteiger partial charge in [-0.3, -0.25) is 4.68 Å². The van der Waals surface area contributed by atoms with E-state index in [1.165, 1.54) is 12.0 Å². The lowest BCUT2D eigenvalue weighted by atomic mass is 10.2. The van der Waals surface area contributed by atoms with Gasteiger partial charge in [0.05, 0.1) is 6.20 Å². The standard InChI is InChI=1S/C15H26N4OS/c1-3-21-14-6-5-13(9-14)18-15(20)16-7-4-8-19-11-12(2)10-17-19/h10-11,13-14H,3-9H2,1-2H3,(H2,16,18,20). The van der Waals surface area contributed by atoms with Crippen molar-refractivity contribution in [1.29, 1.82) is 0 Å². The number of amides is 2. The van der Waals surface area contributed by atoms with Gasteiger partial charge in [0.25, 0.3) is 0 Å². The van der Waals surface area contributed by atoms with Crippen molar-refractivity contribution in [3.8, 4) is 0 Å². The number of carbonyl (C=O) groups excluding carboxylic acids is 1. The van der Waals surface area contributed by atoms with E-state index in [4.69, 9.17) is 0 Å². The summed E-state index contributed by atoms with van der Waals surface area (Å²) in [6, 6.07) is 0.321. The van der Waals surface area contributed by atoms with Gasteiger partial charge in [-0.1, -0.05) is 6.92 Å². The van der Waals surface area contributed by atoms with Gasteiger partial charge in [-0.15, -0.1) is 0 Å². The van der Waals surface area contributed by atoms with Crippen molar-refractivity contribution in [1.82, 2.24) is 20.4 Å². The topological polar surface area (TPSA) is 59.0 Å². The van der Waals surface area contributed by atoms with E-state index in [1.54, 1.807) is 0 Å². The molecule has 2 atom stereocenters. The lowest BCUT2D eigenvalue weighted by Crippen LogP contribution is -2.41. The number of nitrogens with one attached hydrogen (secondary N) is 2. The van der Waals surface area contributed by atoms with Crippen LogP contribution in [0.5, 0.6) is 0 Å². The van der Waals surface area contributed by atoms with Crippen LogP contribution in [0.3, 0.4) is 0 Å². The number of hydrogen-bond acceptors (Lipinski definition) is 3. The third-order valence-corrected chi connectivity index (χ3v) is 4.97. The molecule has 1 aliphatic carbocycles. The Morgan fingerprint density at radius 1 is 1.52 bits per heavy atom. The van der Waals surface area contributed by atoms with Gasteiger partial charge in [0.1, 0.15) is 0 Å². The highest BCUT2D eigenvalue weighted by molar-refractivity contribution is 7.99. The van der Waals surface area contributed by atoms with Crippen LogP contribution in [-0.2, 0) is 6.54 Å². The largest absolute Gasteiger partial charge is 0.338 e. The van der Waals surface area contributed by atoms with Crippen LogP contribution in [-0.4, -0.2) is 39.4 Å². The number of carbonyl (C=O) groups is 1. The molecule has 0 aromatic carbocycles. The lowest BCUT2D eigenvalue weighted by molar-refractivity contribution is 0.237. The van der Waals surface area contributed by atoms with Gasteiger partial charge in [0.15, 0.2) is 0 Å². The van der Waals surface area contributed by atoms with E-state index < -0.39 is 0 Å². The van der Waals surface area contributed by atoms with Crippen molar-refractivity contribution in [2.45, 2.75) is 57.4 Å². The number of urea groups is 1. The maximum Gasteiger partial charge on any atom is 0.315 e. The summed E-state index contributed by atoms with van der Waals surface area (Å²) >= 11 is 2.01. The molecule has 1 aromatic rings. The van der Waals surface area contributed by atoms with E-state index in [1.807, 2.05) is 35.8 Å². The van der Waals surface area contributed by atoms with Crippen molar-refractivity contribution < 1.29 is 4.79 Å². The number of hydrogen-bond donors (Lipinski definition) is 2. The van der Waals surface area contributed by atoms with Crippen molar-refractivity contribution in [2.75, 3.05) is 12.3 Å². The van der Waals surface area contributed by atoms with E-state index in [0.29, 0.717) is 12.6 Å². The van der Waals surface area contributed by atoms with Crippen LogP contribution in [0, 0.1) is 6.92 Å². The molecule has 2 unspecified atom stereocenters. The predicted octanol–water partition coefficient (Wildman–Crippen LogP) is 2.56. The Morgan fingerprint density at radius 2 is 2.38 bits per heavy atom. The molecule has 0 saturated heterocycles. The van der Waals surface area contributed by atoms with Gasteiger partial charge in [-0.05, 0) is 43.9 Å². The molecule has 0 spiro atoms. The molecule has 1 aliphatic rings. The van der Waals surface area contributed by atoms with Crippen LogP contribution in [0.25, 0.3) is 0 Å². The second-order valence-electron chi connectivity index (χ2n) is 5.62. The van der Waals surface area contributed by atoms with Gasteiger partial charge < -0.3 is 10.6 Å². The highest BCUT2D eigenvalue weighted by Gasteiger charge is 2.25. The summed E-state index contributed by atoms with van der Waals surface area (Å²) in [4.78, 5) is 11.8. The van der Waals surface area contributed by atoms with Crippen LogP contribution >= 0.6 is 11.8 Å². The molecule has 0 bridgehead atoms. The average Bonchev–Trinajstić information content (AvgIpc) is 3.05. The van der Waals surface area contributed by atoms with Crippen LogP contribution < -0.4 is 10.6 Å². The predicted molar refractivity (Wildman–Crippen MR) is 87.7 cm³/mol. The minimum atomic E-state index is -0.0289. The molecule has 5 nitrogen and oxygen atoms in total. The monoisotopic (exact) mass is 310 g/mol. The fraction of sp³-hybridized carbons (Fsp3) is 0.733. The summed E-state index contributed by atoms with van der Waals surface area (Å²) in [6.07, 6.45) is 8.21. The van der Waals surface area contributed by atoms with Crippen LogP contribution in [0.1, 0.15) is 38.2 Å². The zero-order chi connectivity index (χ0) is 15.1. The summed E-state index contributed by atoms with van der Waals surface area (Å²) in [6.45, 7) is 5.75. The Bertz CT molecular complexity index is 449. The number of thioether (sulfide) groups is 1. The van der Waals surface area contributed by atoms with Gasteiger partial charge >= 0.3 is 6.03 Å². The maximum atomic E-state index is 11.8. The van der Waals surface area contributed by atoms with Gasteiger partial charge in [-0.2, -0.15) is 16.9 Å². The van der Waals surface area contributed by atoms with E-state index in [0.717, 1.165) is 36.8 Å². The number of aromatic nitrogens is 2. The number of rotatable bonds is 7. The molecule has 2 N–H and O–H groups in total. The Kier molecular flexibility index (Phi) is 6.42. The second-order valence-corrected chi connectivity index (χ2v) is 7.20. The summed E-state index contributed by atoms with van der Waals surface area (Å²) in [5, 5.41) is 11.0. The summed E-state index contributed by atoms with van der Waals surface area (Å²) in [5.41, 5.74) is 1.17. The summed E-state index contributed by atoms with van der Waals surface area (Å²) in [5.74, 6) is 1.16. The molecule has 1 fully saturated rings. The first-order valence-corrected chi connectivity index (χ1v) is 8.87. The molecule has 1 aromatic heterocycles. The fourth-order valence-corrected chi connectivity index (χ4v) is 3.87. The van der Waals surface area contributed by atoms with E-state index in [2.05, 4.69) is 22.7 Å². The lowest BCUT2D eigenvalue weighted by Gasteiger charge is -2.14. The van der Waals surface area contributed by atoms with Crippen molar-refractivity contribution in [2.24, 2.45) is 0 Å². The molecule has 0 aliphatic heterocycles. The molecule has 1 heterocycles. The Hall–Kier alpha value is -1.17. The van der Waals surface area contributed by atoms with Crippen molar-refractivity contribution >= 4 is 17.8 Å². The Labute approximate surface area is 131 Å². The van der Waals surface area contributed by atoms with Crippen LogP contribution in [0.2, 0.25) is 0 Å².